The van der Waals surface area contributed by atoms with Gasteiger partial charge < -0.3 is 5.73 Å². The summed E-state index contributed by atoms with van der Waals surface area (Å²) in [7, 11) is 0. The lowest BCUT2D eigenvalue weighted by atomic mass is 10.1. The van der Waals surface area contributed by atoms with Gasteiger partial charge in [-0.1, -0.05) is 0 Å². The lowest BCUT2D eigenvalue weighted by molar-refractivity contribution is 0.108. The van der Waals surface area contributed by atoms with Crippen molar-refractivity contribution in [3.8, 4) is 0 Å². The van der Waals surface area contributed by atoms with Gasteiger partial charge in [0.2, 0.25) is 0 Å². The van der Waals surface area contributed by atoms with Crippen molar-refractivity contribution >= 4 is 45.1 Å². The number of carbonyl (C=O) groups excluding carboxylic acids is 1. The average Bonchev–Trinajstić information content (AvgIpc) is 2.02. The molecule has 1 heterocycles. The molecule has 0 aliphatic rings. The van der Waals surface area contributed by atoms with Crippen LogP contribution in [0, 0.1) is 3.70 Å². The fourth-order valence-corrected chi connectivity index (χ4v) is 1.90. The van der Waals surface area contributed by atoms with Gasteiger partial charge in [-0.25, -0.2) is 13.8 Å². The maximum absolute atomic E-state index is 12.3. The summed E-state index contributed by atoms with van der Waals surface area (Å²) >= 11 is 6.88. The summed E-state index contributed by atoms with van der Waals surface area (Å²) < 4.78 is 24.9. The number of carbonyl (C=O) groups is 1. The molecule has 3 nitrogen and oxygen atoms in total. The maximum atomic E-state index is 12.3. The molecule has 1 rings (SSSR count). The van der Waals surface area contributed by atoms with Crippen molar-refractivity contribution in [1.82, 2.24) is 4.98 Å². The standard InChI is InChI=1S/C7H4ClF2IN2O/c8-5(14)3-4(12)2(6(9)10)1-13-7(3)11/h1,6H,(H2,12,13). The van der Waals surface area contributed by atoms with Crippen LogP contribution in [0.3, 0.4) is 0 Å². The average molecular weight is 332 g/mol. The Morgan fingerprint density at radius 2 is 2.21 bits per heavy atom. The van der Waals surface area contributed by atoms with E-state index in [4.69, 9.17) is 17.3 Å². The number of alkyl halides is 2. The van der Waals surface area contributed by atoms with Gasteiger partial charge in [0.05, 0.1) is 16.8 Å². The molecule has 7 heteroatoms. The van der Waals surface area contributed by atoms with Crippen molar-refractivity contribution in [2.75, 3.05) is 5.73 Å². The van der Waals surface area contributed by atoms with E-state index in [0.717, 1.165) is 6.20 Å². The summed E-state index contributed by atoms with van der Waals surface area (Å²) in [5.74, 6) is 0. The zero-order valence-electron chi connectivity index (χ0n) is 6.60. The number of aromatic nitrogens is 1. The third-order valence-electron chi connectivity index (χ3n) is 1.54. The second-order valence-electron chi connectivity index (χ2n) is 2.37. The Bertz CT molecular complexity index is 386. The minimum atomic E-state index is -2.77. The molecule has 0 aliphatic heterocycles. The van der Waals surface area contributed by atoms with E-state index in [9.17, 15) is 13.6 Å². The zero-order valence-corrected chi connectivity index (χ0v) is 9.51. The zero-order chi connectivity index (χ0) is 10.9. The number of rotatable bonds is 2. The first-order valence-corrected chi connectivity index (χ1v) is 4.82. The highest BCUT2D eigenvalue weighted by Gasteiger charge is 2.20. The summed E-state index contributed by atoms with van der Waals surface area (Å²) in [6.45, 7) is 0. The SMILES string of the molecule is Nc1c(C(F)F)cnc(I)c1C(=O)Cl. The first-order chi connectivity index (χ1) is 6.45. The van der Waals surface area contributed by atoms with Gasteiger partial charge in [0.25, 0.3) is 11.7 Å². The monoisotopic (exact) mass is 332 g/mol. The fourth-order valence-electron chi connectivity index (χ4n) is 0.877. The molecule has 0 amide bonds. The number of anilines is 1. The first kappa shape index (κ1) is 11.6. The van der Waals surface area contributed by atoms with E-state index in [-0.39, 0.29) is 15.0 Å². The number of pyridine rings is 1. The van der Waals surface area contributed by atoms with E-state index in [0.29, 0.717) is 0 Å². The molecule has 2 N–H and O–H groups in total. The van der Waals surface area contributed by atoms with Crippen molar-refractivity contribution in [2.45, 2.75) is 6.43 Å². The van der Waals surface area contributed by atoms with E-state index in [1.165, 1.54) is 0 Å². The maximum Gasteiger partial charge on any atom is 0.267 e. The molecule has 0 unspecified atom stereocenters. The van der Waals surface area contributed by atoms with Crippen LogP contribution in [0.15, 0.2) is 6.20 Å². The lowest BCUT2D eigenvalue weighted by Crippen LogP contribution is -2.07. The third kappa shape index (κ3) is 2.11. The summed E-state index contributed by atoms with van der Waals surface area (Å²) in [4.78, 5) is 14.5. The Kier molecular flexibility index (Phi) is 3.59. The third-order valence-corrected chi connectivity index (χ3v) is 2.54. The van der Waals surface area contributed by atoms with Crippen LogP contribution >= 0.6 is 34.2 Å². The Labute approximate surface area is 96.8 Å². The van der Waals surface area contributed by atoms with Gasteiger partial charge in [-0.15, -0.1) is 0 Å². The molecule has 0 radical (unpaired) electrons. The number of nitrogens with two attached hydrogens (primary N) is 1. The highest BCUT2D eigenvalue weighted by Crippen LogP contribution is 2.29. The van der Waals surface area contributed by atoms with Crippen molar-refractivity contribution in [2.24, 2.45) is 0 Å². The number of halogens is 4. The number of nitrogen functional groups attached to an aromatic ring is 1. The van der Waals surface area contributed by atoms with E-state index in [2.05, 4.69) is 4.98 Å². The summed E-state index contributed by atoms with van der Waals surface area (Å²) in [5.41, 5.74) is 4.41. The Balaban J connectivity index is 3.41. The normalized spacial score (nSPS) is 10.6. The van der Waals surface area contributed by atoms with Crippen molar-refractivity contribution in [3.63, 3.8) is 0 Å². The van der Waals surface area contributed by atoms with Crippen LogP contribution in [0.1, 0.15) is 22.3 Å². The molecule has 14 heavy (non-hydrogen) atoms. The van der Waals surface area contributed by atoms with Gasteiger partial charge in [0, 0.05) is 6.20 Å². The van der Waals surface area contributed by atoms with Crippen LogP contribution in [0.2, 0.25) is 0 Å². The molecule has 0 atom stereocenters. The van der Waals surface area contributed by atoms with Crippen LogP contribution in [0.25, 0.3) is 0 Å². The molecule has 0 spiro atoms. The van der Waals surface area contributed by atoms with Crippen LogP contribution in [0.5, 0.6) is 0 Å². The van der Waals surface area contributed by atoms with E-state index < -0.39 is 17.2 Å². The number of hydrogen-bond donors (Lipinski definition) is 1. The van der Waals surface area contributed by atoms with Gasteiger partial charge in [-0.2, -0.15) is 0 Å². The molecule has 0 saturated heterocycles. The van der Waals surface area contributed by atoms with Crippen LogP contribution in [0.4, 0.5) is 14.5 Å². The van der Waals surface area contributed by atoms with Crippen LogP contribution in [-0.2, 0) is 0 Å². The van der Waals surface area contributed by atoms with Crippen LogP contribution < -0.4 is 5.73 Å². The van der Waals surface area contributed by atoms with Gasteiger partial charge in [0.1, 0.15) is 3.70 Å². The Morgan fingerprint density at radius 1 is 1.64 bits per heavy atom. The van der Waals surface area contributed by atoms with E-state index in [1.807, 2.05) is 0 Å². The largest absolute Gasteiger partial charge is 0.398 e. The molecule has 0 aliphatic carbocycles. The van der Waals surface area contributed by atoms with E-state index in [1.54, 1.807) is 22.6 Å². The van der Waals surface area contributed by atoms with Crippen molar-refractivity contribution in [1.29, 1.82) is 0 Å². The summed E-state index contributed by atoms with van der Waals surface area (Å²) in [5, 5.41) is -0.887. The number of nitrogens with zero attached hydrogens (tertiary/aromatic N) is 1. The lowest BCUT2D eigenvalue weighted by Gasteiger charge is -2.08. The quantitative estimate of drug-likeness (QED) is 0.514. The molecule has 0 aromatic carbocycles. The first-order valence-electron chi connectivity index (χ1n) is 3.37. The fraction of sp³-hybridized carbons (Fsp3) is 0.143. The highest BCUT2D eigenvalue weighted by atomic mass is 127. The smallest absolute Gasteiger partial charge is 0.267 e. The molecule has 76 valence electrons. The molecule has 1 aromatic heterocycles. The molecule has 0 bridgehead atoms. The second kappa shape index (κ2) is 4.35. The second-order valence-corrected chi connectivity index (χ2v) is 3.73. The molecule has 0 saturated carbocycles. The van der Waals surface area contributed by atoms with Crippen molar-refractivity contribution in [3.05, 3.63) is 21.0 Å². The topological polar surface area (TPSA) is 56.0 Å². The Morgan fingerprint density at radius 3 is 2.64 bits per heavy atom. The molecule has 0 fully saturated rings. The minimum Gasteiger partial charge on any atom is -0.398 e. The number of hydrogen-bond acceptors (Lipinski definition) is 3. The minimum absolute atomic E-state index is 0.162. The summed E-state index contributed by atoms with van der Waals surface area (Å²) in [6, 6.07) is 0. The van der Waals surface area contributed by atoms with Gasteiger partial charge in [-0.3, -0.25) is 4.79 Å². The van der Waals surface area contributed by atoms with Gasteiger partial charge in [-0.05, 0) is 34.2 Å². The summed E-state index contributed by atoms with van der Waals surface area (Å²) in [6.07, 6.45) is -1.83. The van der Waals surface area contributed by atoms with E-state index >= 15 is 0 Å². The predicted octanol–water partition coefficient (Wildman–Crippen LogP) is 2.59. The highest BCUT2D eigenvalue weighted by molar-refractivity contribution is 14.1. The van der Waals surface area contributed by atoms with Gasteiger partial charge in [0.15, 0.2) is 0 Å². The molecular formula is C7H4ClF2IN2O. The van der Waals surface area contributed by atoms with Crippen LogP contribution in [-0.4, -0.2) is 10.2 Å². The Hall–Kier alpha value is -0.500. The predicted molar refractivity (Wildman–Crippen MR) is 56.5 cm³/mol. The molecule has 1 aromatic rings. The van der Waals surface area contributed by atoms with Gasteiger partial charge >= 0.3 is 0 Å². The van der Waals surface area contributed by atoms with Crippen molar-refractivity contribution < 1.29 is 13.6 Å². The molecular weight excluding hydrogens is 328 g/mol.